The second-order valence-corrected chi connectivity index (χ2v) is 57.5. The smallest absolute Gasteiger partial charge is 0.312 e. The number of fused-ring (bicyclic) bond motifs is 70. The number of esters is 8. The van der Waals surface area contributed by atoms with Gasteiger partial charge in [0.2, 0.25) is 0 Å². The van der Waals surface area contributed by atoms with Crippen LogP contribution in [0.3, 0.4) is 0 Å². The molecule has 36 rings (SSSR count). The van der Waals surface area contributed by atoms with E-state index in [1.165, 1.54) is 167 Å². The second-order valence-electron chi connectivity index (χ2n) is 57.5. The number of carbonyl (C=O) groups excluding carboxylic acids is 8. The van der Waals surface area contributed by atoms with Gasteiger partial charge in [-0.2, -0.15) is 0 Å². The van der Waals surface area contributed by atoms with E-state index in [1.54, 1.807) is 0 Å². The molecule has 0 amide bonds. The van der Waals surface area contributed by atoms with E-state index < -0.39 is 0 Å². The van der Waals surface area contributed by atoms with E-state index in [0.717, 1.165) is 332 Å². The Morgan fingerprint density at radius 1 is 0.226 bits per heavy atom. The van der Waals surface area contributed by atoms with E-state index in [-0.39, 0.29) is 80.2 Å². The SMILES string of the molecule is CC1C2CC(C1C)C1(CCOC1=O)C2.CC1CC2CC1C1C2C2CC1C1(CCOC1=O)C2.CC1CC2CC1C1C2C2CC1C1(COC(=O)C1)C2.CC1CC2CC1C1C3CC(C21)C1(CCOC1=O)C3.CC1CC2CC1C1C3CC(C21)C1(COC(=O)C1)C3.CC1CC2CC1C1C3CC(C4C(=O)OCC34)C21.CC1CC2CC1C1C3CC(C4COC(=O)C43)C21.CC1CC2CC1CC21COC(=O)C1. The van der Waals surface area contributed by atoms with Crippen LogP contribution in [-0.2, 0) is 76.3 Å². The van der Waals surface area contributed by atoms with Crippen LogP contribution in [0, 0.1) is 346 Å². The molecule has 36 aliphatic rings. The largest absolute Gasteiger partial charge is 0.465 e. The van der Waals surface area contributed by atoms with E-state index in [1.807, 2.05) is 0 Å². The molecule has 36 fully saturated rings. The van der Waals surface area contributed by atoms with Gasteiger partial charge in [-0.05, 0) is 483 Å². The number of hydrogen-bond donors (Lipinski definition) is 0. The van der Waals surface area contributed by atoms with E-state index in [9.17, 15) is 38.4 Å². The lowest BCUT2D eigenvalue weighted by Gasteiger charge is -2.44. The van der Waals surface area contributed by atoms with Gasteiger partial charge in [0.15, 0.2) is 0 Å². The molecule has 28 aliphatic carbocycles. The van der Waals surface area contributed by atoms with Crippen molar-refractivity contribution in [1.82, 2.24) is 0 Å². The number of hydrogen-bond acceptors (Lipinski definition) is 16. The maximum Gasteiger partial charge on any atom is 0.312 e. The van der Waals surface area contributed by atoms with Crippen molar-refractivity contribution in [2.75, 3.05) is 52.9 Å². The molecule has 59 atom stereocenters. The summed E-state index contributed by atoms with van der Waals surface area (Å²) in [6.45, 7) is 27.6. The first-order chi connectivity index (χ1) is 64.1. The van der Waals surface area contributed by atoms with E-state index in [4.69, 9.17) is 37.9 Å². The van der Waals surface area contributed by atoms with Crippen molar-refractivity contribution in [3.63, 3.8) is 0 Å². The lowest BCUT2D eigenvalue weighted by atomic mass is 9.59. The molecule has 28 saturated carbocycles. The monoisotopic (exact) mass is 1820 g/mol. The van der Waals surface area contributed by atoms with Crippen LogP contribution < -0.4 is 0 Å². The van der Waals surface area contributed by atoms with Crippen LogP contribution in [0.2, 0.25) is 0 Å². The molecule has 28 bridgehead atoms. The van der Waals surface area contributed by atoms with Crippen molar-refractivity contribution < 1.29 is 76.3 Å². The highest BCUT2D eigenvalue weighted by Crippen LogP contribution is 2.82. The van der Waals surface area contributed by atoms with Crippen LogP contribution in [0.5, 0.6) is 0 Å². The highest BCUT2D eigenvalue weighted by Gasteiger charge is 2.78. The lowest BCUT2D eigenvalue weighted by Crippen LogP contribution is -2.43. The molecule has 0 aromatic rings. The minimum Gasteiger partial charge on any atom is -0.465 e. The molecule has 59 unspecified atom stereocenters. The van der Waals surface area contributed by atoms with Crippen LogP contribution in [0.25, 0.3) is 0 Å². The first kappa shape index (κ1) is 85.5. The van der Waals surface area contributed by atoms with Crippen LogP contribution >= 0.6 is 0 Å². The third-order valence-corrected chi connectivity index (χ3v) is 54.3. The number of rotatable bonds is 0. The molecule has 8 aliphatic heterocycles. The third-order valence-electron chi connectivity index (χ3n) is 54.3. The fourth-order valence-electron chi connectivity index (χ4n) is 50.8. The van der Waals surface area contributed by atoms with Gasteiger partial charge >= 0.3 is 47.8 Å². The van der Waals surface area contributed by atoms with Gasteiger partial charge in [0.05, 0.1) is 100 Å². The molecule has 0 aromatic heterocycles. The van der Waals surface area contributed by atoms with Crippen molar-refractivity contribution in [3.05, 3.63) is 0 Å². The Bertz CT molecular complexity index is 4820. The summed E-state index contributed by atoms with van der Waals surface area (Å²) in [5.74, 6) is 47.3. The first-order valence-electron chi connectivity index (χ1n) is 57.4. The fourth-order valence-corrected chi connectivity index (χ4v) is 50.8. The van der Waals surface area contributed by atoms with Crippen molar-refractivity contribution >= 4 is 47.8 Å². The third kappa shape index (κ3) is 11.5. The zero-order valence-electron chi connectivity index (χ0n) is 82.1. The average Bonchev–Trinajstić information content (AvgIpc) is 1.53. The maximum absolute atomic E-state index is 12.2. The molecular weight excluding hydrogens is 1660 g/mol. The average molecular weight is 1820 g/mol. The first-order valence-corrected chi connectivity index (χ1v) is 57.4. The normalized spacial score (nSPS) is 62.5. The topological polar surface area (TPSA) is 210 Å². The highest BCUT2D eigenvalue weighted by atomic mass is 16.6. The van der Waals surface area contributed by atoms with Gasteiger partial charge in [-0.3, -0.25) is 38.4 Å². The van der Waals surface area contributed by atoms with Gasteiger partial charge in [-0.25, -0.2) is 0 Å². The van der Waals surface area contributed by atoms with Gasteiger partial charge < -0.3 is 37.9 Å². The Kier molecular flexibility index (Phi) is 19.0. The number of carbonyl (C=O) groups is 8. The predicted molar refractivity (Wildman–Crippen MR) is 491 cm³/mol. The summed E-state index contributed by atoms with van der Waals surface area (Å²) in [5, 5.41) is 0. The lowest BCUT2D eigenvalue weighted by molar-refractivity contribution is -0.152. The van der Waals surface area contributed by atoms with Gasteiger partial charge in [-0.1, -0.05) is 62.3 Å². The molecule has 16 heteroatoms. The molecule has 16 nitrogen and oxygen atoms in total. The molecule has 8 saturated heterocycles. The Morgan fingerprint density at radius 3 is 0.985 bits per heavy atom. The van der Waals surface area contributed by atoms with Crippen molar-refractivity contribution in [2.45, 2.75) is 274 Å². The Morgan fingerprint density at radius 2 is 0.556 bits per heavy atom. The molecule has 0 N–H and O–H groups in total. The molecule has 0 radical (unpaired) electrons. The van der Waals surface area contributed by atoms with Gasteiger partial charge in [0.1, 0.15) is 0 Å². The van der Waals surface area contributed by atoms with E-state index >= 15 is 0 Å². The summed E-state index contributed by atoms with van der Waals surface area (Å²) in [5.41, 5.74) is 0.782. The van der Waals surface area contributed by atoms with Crippen LogP contribution in [0.4, 0.5) is 0 Å². The fraction of sp³-hybridized carbons (Fsp3) is 0.932. The molecule has 8 heterocycles. The second kappa shape index (κ2) is 29.5. The van der Waals surface area contributed by atoms with Crippen molar-refractivity contribution in [3.8, 4) is 0 Å². The number of cyclic esters (lactones) is 8. The standard InChI is InChI=1S/4C16H22O2.2C15H20O2.C12H18O2.C11H16O2/c1-8-2-9-3-11(8)14-10-4-12(15(9)14)16(5-10)6-13(17)18-7-16;1-8-2-9-3-11(8)15-12-4-10(14(9)15)5-16(12)6-13(17)18-7-16;1-8-4-9-5-11(8)13-10-6-12(14(9)13)16(7-10)2-3-18-15(16)17;1-8-4-9-5-11(8)14-12-6-10(13(9)14)7-16(12)2-3-18-15(16)17;1-6-2-7-3-8(6)13-9-4-10(12(7)13)14-11(9)5-17-15(14)16;1-6-2-7-3-8(6)13-10-4-9(12(7)13)11-5-17-15(16)14(10)11;1-7-8(2)10-5-9(7)6-12(10)3-4-14-11(12)13;1-7-2-9-3-8(7)4-11(9)5-10(12)13-6-11/h2*8-12,14-15H,2-7H2,1H3;2*8-14H,2-7H2,1H3;2*6-14H,2-5H2,1H3;7-10H,3-6H2,1-2H3;7-9H,2-6H2,1H3. The van der Waals surface area contributed by atoms with Gasteiger partial charge in [-0.15, -0.1) is 0 Å². The summed E-state index contributed by atoms with van der Waals surface area (Å²) >= 11 is 0. The van der Waals surface area contributed by atoms with E-state index in [2.05, 4.69) is 62.3 Å². The summed E-state index contributed by atoms with van der Waals surface area (Å²) in [6, 6.07) is 0. The predicted octanol–water partition coefficient (Wildman–Crippen LogP) is 20.4. The van der Waals surface area contributed by atoms with Gasteiger partial charge in [0.25, 0.3) is 0 Å². The van der Waals surface area contributed by atoms with Gasteiger partial charge in [0, 0.05) is 28.1 Å². The minimum atomic E-state index is -0.0450. The summed E-state index contributed by atoms with van der Waals surface area (Å²) in [7, 11) is 0. The Balaban J connectivity index is 0.0000000744. The zero-order valence-corrected chi connectivity index (χ0v) is 82.1. The van der Waals surface area contributed by atoms with Crippen molar-refractivity contribution in [2.24, 2.45) is 346 Å². The summed E-state index contributed by atoms with van der Waals surface area (Å²) < 4.78 is 42.4. The van der Waals surface area contributed by atoms with Crippen LogP contribution in [-0.4, -0.2) is 101 Å². The summed E-state index contributed by atoms with van der Waals surface area (Å²) in [6.07, 6.45) is 42.6. The van der Waals surface area contributed by atoms with E-state index in [0.29, 0.717) is 79.5 Å². The molecule has 6 spiro atoms. The van der Waals surface area contributed by atoms with Crippen LogP contribution in [0.1, 0.15) is 274 Å². The molecule has 0 aromatic carbocycles. The zero-order chi connectivity index (χ0) is 89.9. The number of ether oxygens (including phenoxy) is 8. The quantitative estimate of drug-likeness (QED) is 0.125. The highest BCUT2D eigenvalue weighted by molar-refractivity contribution is 5.82. The van der Waals surface area contributed by atoms with Crippen LogP contribution in [0.15, 0.2) is 0 Å². The Labute approximate surface area is 792 Å². The summed E-state index contributed by atoms with van der Waals surface area (Å²) in [4.78, 5) is 94.3. The minimum absolute atomic E-state index is 0.0143. The van der Waals surface area contributed by atoms with Crippen molar-refractivity contribution in [1.29, 1.82) is 0 Å². The Hall–Kier alpha value is -4.24. The molecule has 133 heavy (non-hydrogen) atoms. The maximum atomic E-state index is 12.2. The molecule has 726 valence electrons. The molecular formula is C117H162O16.